The maximum Gasteiger partial charge on any atom is 0.264 e. The van der Waals surface area contributed by atoms with Crippen LogP contribution < -0.4 is 24.0 Å². The number of benzene rings is 3. The highest BCUT2D eigenvalue weighted by Crippen LogP contribution is 2.32. The van der Waals surface area contributed by atoms with Crippen molar-refractivity contribution in [1.82, 2.24) is 0 Å². The molecule has 0 atom stereocenters. The lowest BCUT2D eigenvalue weighted by Gasteiger charge is -2.29. The van der Waals surface area contributed by atoms with Gasteiger partial charge in [0.2, 0.25) is 5.91 Å². The zero-order chi connectivity index (χ0) is 26.4. The Bertz CT molecular complexity index is 1320. The molecule has 0 saturated carbocycles. The Balaban J connectivity index is 1.57. The normalized spacial score (nSPS) is 13.6. The van der Waals surface area contributed by atoms with Gasteiger partial charge in [-0.05, 0) is 74.7 Å². The van der Waals surface area contributed by atoms with Crippen molar-refractivity contribution in [2.24, 2.45) is 0 Å². The van der Waals surface area contributed by atoms with Crippen LogP contribution in [0.4, 0.5) is 17.1 Å². The second-order valence-electron chi connectivity index (χ2n) is 9.01. The predicted molar refractivity (Wildman–Crippen MR) is 146 cm³/mol. The standard InChI is InChI=1S/C28H33N3O5S/c1-21-7-11-24(12-8-21)31(37(33,34)25-15-16-26(35-2)27(19-25)36-3)20-28(32)29-22-9-13-23(14-10-22)30-17-5-4-6-18-30/h7-16,19H,4-6,17-18,20H2,1-3H3,(H,29,32). The molecule has 9 heteroatoms. The molecule has 1 saturated heterocycles. The van der Waals surface area contributed by atoms with Gasteiger partial charge >= 0.3 is 0 Å². The number of carbonyl (C=O) groups is 1. The van der Waals surface area contributed by atoms with Crippen molar-refractivity contribution in [3.8, 4) is 11.5 Å². The molecular weight excluding hydrogens is 490 g/mol. The van der Waals surface area contributed by atoms with E-state index in [2.05, 4.69) is 10.2 Å². The molecule has 1 amide bonds. The summed E-state index contributed by atoms with van der Waals surface area (Å²) in [6, 6.07) is 19.0. The highest BCUT2D eigenvalue weighted by molar-refractivity contribution is 7.92. The van der Waals surface area contributed by atoms with Crippen molar-refractivity contribution < 1.29 is 22.7 Å². The number of piperidine rings is 1. The first-order valence-corrected chi connectivity index (χ1v) is 13.7. The molecule has 0 radical (unpaired) electrons. The Morgan fingerprint density at radius 3 is 2.16 bits per heavy atom. The molecule has 37 heavy (non-hydrogen) atoms. The fourth-order valence-electron chi connectivity index (χ4n) is 4.37. The minimum atomic E-state index is -4.10. The van der Waals surface area contributed by atoms with E-state index in [-0.39, 0.29) is 10.6 Å². The molecule has 8 nitrogen and oxygen atoms in total. The average molecular weight is 524 g/mol. The monoisotopic (exact) mass is 523 g/mol. The Kier molecular flexibility index (Phi) is 8.23. The summed E-state index contributed by atoms with van der Waals surface area (Å²) < 4.78 is 39.1. The van der Waals surface area contributed by atoms with Gasteiger partial charge in [0.1, 0.15) is 6.54 Å². The van der Waals surface area contributed by atoms with Gasteiger partial charge in [-0.3, -0.25) is 9.10 Å². The summed E-state index contributed by atoms with van der Waals surface area (Å²) in [5, 5.41) is 2.84. The first-order chi connectivity index (χ1) is 17.8. The van der Waals surface area contributed by atoms with Crippen LogP contribution in [0.2, 0.25) is 0 Å². The number of sulfonamides is 1. The van der Waals surface area contributed by atoms with Gasteiger partial charge in [-0.2, -0.15) is 0 Å². The lowest BCUT2D eigenvalue weighted by atomic mass is 10.1. The fourth-order valence-corrected chi connectivity index (χ4v) is 5.81. The van der Waals surface area contributed by atoms with Crippen LogP contribution in [0.5, 0.6) is 11.5 Å². The van der Waals surface area contributed by atoms with Gasteiger partial charge in [0, 0.05) is 30.5 Å². The molecule has 0 bridgehead atoms. The quantitative estimate of drug-likeness (QED) is 0.432. The zero-order valence-electron chi connectivity index (χ0n) is 21.4. The third-order valence-corrected chi connectivity index (χ3v) is 8.19. The molecule has 0 aromatic heterocycles. The summed E-state index contributed by atoms with van der Waals surface area (Å²) in [6.07, 6.45) is 3.62. The lowest BCUT2D eigenvalue weighted by molar-refractivity contribution is -0.114. The van der Waals surface area contributed by atoms with E-state index in [1.54, 1.807) is 12.1 Å². The van der Waals surface area contributed by atoms with Gasteiger partial charge in [0.05, 0.1) is 24.8 Å². The first-order valence-electron chi connectivity index (χ1n) is 12.3. The lowest BCUT2D eigenvalue weighted by Crippen LogP contribution is -2.38. The minimum absolute atomic E-state index is 0.00981. The molecule has 0 aliphatic carbocycles. The van der Waals surface area contributed by atoms with Crippen molar-refractivity contribution in [2.75, 3.05) is 48.4 Å². The van der Waals surface area contributed by atoms with E-state index in [0.717, 1.165) is 28.6 Å². The van der Waals surface area contributed by atoms with E-state index in [0.29, 0.717) is 17.1 Å². The average Bonchev–Trinajstić information content (AvgIpc) is 2.92. The number of hydrogen-bond donors (Lipinski definition) is 1. The second-order valence-corrected chi connectivity index (χ2v) is 10.9. The van der Waals surface area contributed by atoms with Gasteiger partial charge in [-0.15, -0.1) is 0 Å². The molecule has 3 aromatic rings. The van der Waals surface area contributed by atoms with Crippen LogP contribution in [0.3, 0.4) is 0 Å². The van der Waals surface area contributed by atoms with Crippen LogP contribution in [0.1, 0.15) is 24.8 Å². The molecule has 0 spiro atoms. The van der Waals surface area contributed by atoms with Gasteiger partial charge in [0.25, 0.3) is 10.0 Å². The van der Waals surface area contributed by atoms with Crippen molar-refractivity contribution >= 4 is 33.0 Å². The number of ether oxygens (including phenoxy) is 2. The number of anilines is 3. The van der Waals surface area contributed by atoms with Gasteiger partial charge < -0.3 is 19.7 Å². The predicted octanol–water partition coefficient (Wildman–Crippen LogP) is 4.84. The zero-order valence-corrected chi connectivity index (χ0v) is 22.3. The van der Waals surface area contributed by atoms with Gasteiger partial charge in [-0.25, -0.2) is 8.42 Å². The summed E-state index contributed by atoms with van der Waals surface area (Å²) in [7, 11) is -1.18. The third kappa shape index (κ3) is 6.17. The van der Waals surface area contributed by atoms with E-state index in [4.69, 9.17) is 9.47 Å². The van der Waals surface area contributed by atoms with Crippen LogP contribution in [0.15, 0.2) is 71.6 Å². The Hall–Kier alpha value is -3.72. The van der Waals surface area contributed by atoms with Crippen LogP contribution in [-0.4, -0.2) is 48.2 Å². The number of aryl methyl sites for hydroxylation is 1. The summed E-state index contributed by atoms with van der Waals surface area (Å²) in [5.41, 5.74) is 3.09. The van der Waals surface area contributed by atoms with Crippen molar-refractivity contribution in [3.63, 3.8) is 0 Å². The Morgan fingerprint density at radius 2 is 1.54 bits per heavy atom. The Labute approximate surface area is 218 Å². The van der Waals surface area contributed by atoms with E-state index >= 15 is 0 Å². The molecular formula is C28H33N3O5S. The number of hydrogen-bond acceptors (Lipinski definition) is 6. The van der Waals surface area contributed by atoms with Crippen molar-refractivity contribution in [1.29, 1.82) is 0 Å². The summed E-state index contributed by atoms with van der Waals surface area (Å²) in [6.45, 7) is 3.58. The molecule has 1 fully saturated rings. The summed E-state index contributed by atoms with van der Waals surface area (Å²) >= 11 is 0. The van der Waals surface area contributed by atoms with Crippen LogP contribution in [0.25, 0.3) is 0 Å². The van der Waals surface area contributed by atoms with Crippen LogP contribution in [0, 0.1) is 6.92 Å². The van der Waals surface area contributed by atoms with Crippen LogP contribution in [-0.2, 0) is 14.8 Å². The van der Waals surface area contributed by atoms with Gasteiger partial charge in [-0.1, -0.05) is 17.7 Å². The molecule has 1 heterocycles. The number of rotatable bonds is 9. The SMILES string of the molecule is COc1ccc(S(=O)(=O)N(CC(=O)Nc2ccc(N3CCCCC3)cc2)c2ccc(C)cc2)cc1OC. The summed E-state index contributed by atoms with van der Waals surface area (Å²) in [5.74, 6) is 0.245. The molecule has 1 N–H and O–H groups in total. The number of nitrogens with zero attached hydrogens (tertiary/aromatic N) is 2. The molecule has 1 aliphatic heterocycles. The Morgan fingerprint density at radius 1 is 0.892 bits per heavy atom. The number of carbonyl (C=O) groups excluding carboxylic acids is 1. The molecule has 0 unspecified atom stereocenters. The first kappa shape index (κ1) is 26.3. The smallest absolute Gasteiger partial charge is 0.264 e. The van der Waals surface area contributed by atoms with Crippen molar-refractivity contribution in [2.45, 2.75) is 31.1 Å². The minimum Gasteiger partial charge on any atom is -0.493 e. The highest BCUT2D eigenvalue weighted by Gasteiger charge is 2.28. The van der Waals surface area contributed by atoms with Crippen LogP contribution >= 0.6 is 0 Å². The van der Waals surface area contributed by atoms with E-state index in [1.807, 2.05) is 43.3 Å². The number of methoxy groups -OCH3 is 2. The molecule has 3 aromatic carbocycles. The van der Waals surface area contributed by atoms with Crippen molar-refractivity contribution in [3.05, 3.63) is 72.3 Å². The molecule has 196 valence electrons. The largest absolute Gasteiger partial charge is 0.493 e. The van der Waals surface area contributed by atoms with E-state index < -0.39 is 22.5 Å². The number of amides is 1. The maximum atomic E-state index is 13.7. The topological polar surface area (TPSA) is 88.2 Å². The van der Waals surface area contributed by atoms with E-state index in [9.17, 15) is 13.2 Å². The maximum absolute atomic E-state index is 13.7. The fraction of sp³-hybridized carbons (Fsp3) is 0.321. The molecule has 1 aliphatic rings. The summed E-state index contributed by atoms with van der Waals surface area (Å²) in [4.78, 5) is 15.4. The van der Waals surface area contributed by atoms with E-state index in [1.165, 1.54) is 51.7 Å². The second kappa shape index (κ2) is 11.6. The number of nitrogens with one attached hydrogen (secondary N) is 1. The van der Waals surface area contributed by atoms with Gasteiger partial charge in [0.15, 0.2) is 11.5 Å². The molecule has 4 rings (SSSR count). The highest BCUT2D eigenvalue weighted by atomic mass is 32.2. The third-order valence-electron chi connectivity index (χ3n) is 6.42.